The van der Waals surface area contributed by atoms with Crippen molar-refractivity contribution in [3.8, 4) is 5.75 Å². The van der Waals surface area contributed by atoms with Gasteiger partial charge in [-0.25, -0.2) is 9.78 Å². The molecule has 6 nitrogen and oxygen atoms in total. The first-order valence-corrected chi connectivity index (χ1v) is 6.65. The number of anilines is 1. The second kappa shape index (κ2) is 6.36. The van der Waals surface area contributed by atoms with Crippen LogP contribution in [0.5, 0.6) is 5.75 Å². The molecule has 21 heavy (non-hydrogen) atoms. The molecule has 0 atom stereocenters. The maximum Gasteiger partial charge on any atom is 0.335 e. The van der Waals surface area contributed by atoms with Crippen LogP contribution in [0, 0.1) is 0 Å². The summed E-state index contributed by atoms with van der Waals surface area (Å²) in [6, 6.07) is 7.34. The molecule has 0 fully saturated rings. The summed E-state index contributed by atoms with van der Waals surface area (Å²) in [5.41, 5.74) is 0.733. The van der Waals surface area contributed by atoms with Gasteiger partial charge in [-0.05, 0) is 46.3 Å². The zero-order valence-corrected chi connectivity index (χ0v) is 12.5. The summed E-state index contributed by atoms with van der Waals surface area (Å²) in [6.45, 7) is 0. The number of carbonyl (C=O) groups excluding carboxylic acids is 1. The minimum absolute atomic E-state index is 0.0574. The predicted molar refractivity (Wildman–Crippen MR) is 79.8 cm³/mol. The third-order valence-electron chi connectivity index (χ3n) is 2.68. The van der Waals surface area contributed by atoms with Gasteiger partial charge >= 0.3 is 5.97 Å². The van der Waals surface area contributed by atoms with Crippen molar-refractivity contribution in [2.75, 3.05) is 12.4 Å². The quantitative estimate of drug-likeness (QED) is 0.827. The van der Waals surface area contributed by atoms with Gasteiger partial charge in [-0.3, -0.25) is 4.79 Å². The lowest BCUT2D eigenvalue weighted by atomic mass is 10.1. The average Bonchev–Trinajstić information content (AvgIpc) is 2.47. The van der Waals surface area contributed by atoms with Crippen LogP contribution in [0.3, 0.4) is 0 Å². The van der Waals surface area contributed by atoms with Crippen molar-refractivity contribution in [3.63, 3.8) is 0 Å². The van der Waals surface area contributed by atoms with Crippen LogP contribution in [0.1, 0.15) is 20.7 Å². The van der Waals surface area contributed by atoms with E-state index in [4.69, 9.17) is 9.84 Å². The molecule has 0 radical (unpaired) electrons. The molecule has 1 amide bonds. The van der Waals surface area contributed by atoms with E-state index in [-0.39, 0.29) is 17.2 Å². The molecule has 1 heterocycles. The summed E-state index contributed by atoms with van der Waals surface area (Å²) in [4.78, 5) is 27.1. The first-order chi connectivity index (χ1) is 10.0. The van der Waals surface area contributed by atoms with Gasteiger partial charge in [0, 0.05) is 11.8 Å². The summed E-state index contributed by atoms with van der Waals surface area (Å²) in [5.74, 6) is -1.10. The molecule has 1 aromatic carbocycles. The van der Waals surface area contributed by atoms with Gasteiger partial charge in [-0.15, -0.1) is 0 Å². The smallest absolute Gasteiger partial charge is 0.335 e. The Labute approximate surface area is 128 Å². The largest absolute Gasteiger partial charge is 0.495 e. The number of aromatic nitrogens is 1. The Bertz CT molecular complexity index is 703. The summed E-state index contributed by atoms with van der Waals surface area (Å²) < 4.78 is 5.64. The molecule has 0 aliphatic carbocycles. The topological polar surface area (TPSA) is 88.5 Å². The third kappa shape index (κ3) is 3.57. The monoisotopic (exact) mass is 350 g/mol. The Morgan fingerprint density at radius 3 is 2.62 bits per heavy atom. The molecule has 0 aliphatic heterocycles. The Morgan fingerprint density at radius 1 is 1.24 bits per heavy atom. The number of carboxylic acids is 1. The van der Waals surface area contributed by atoms with E-state index in [1.807, 2.05) is 0 Å². The van der Waals surface area contributed by atoms with Gasteiger partial charge in [0.25, 0.3) is 5.91 Å². The van der Waals surface area contributed by atoms with Crippen molar-refractivity contribution in [3.05, 3.63) is 52.3 Å². The van der Waals surface area contributed by atoms with E-state index < -0.39 is 5.97 Å². The standard InChI is InChI=1S/C14H11BrN2O4/c1-21-11-3-2-9(14(19)20)6-10(11)17-13(18)8-4-5-16-12(15)7-8/h2-7H,1H3,(H,17,18)(H,19,20). The molecule has 0 spiro atoms. The molecule has 0 bridgehead atoms. The SMILES string of the molecule is COc1ccc(C(=O)O)cc1NC(=O)c1ccnc(Br)c1. The van der Waals surface area contributed by atoms with Crippen molar-refractivity contribution in [1.82, 2.24) is 4.98 Å². The van der Waals surface area contributed by atoms with Crippen LogP contribution in [0.25, 0.3) is 0 Å². The molecule has 7 heteroatoms. The number of carboxylic acid groups (broad SMARTS) is 1. The highest BCUT2D eigenvalue weighted by atomic mass is 79.9. The van der Waals surface area contributed by atoms with Gasteiger partial charge in [-0.1, -0.05) is 0 Å². The number of hydrogen-bond donors (Lipinski definition) is 2. The van der Waals surface area contributed by atoms with Gasteiger partial charge < -0.3 is 15.2 Å². The van der Waals surface area contributed by atoms with Gasteiger partial charge in [0.2, 0.25) is 0 Å². The van der Waals surface area contributed by atoms with Crippen LogP contribution in [-0.2, 0) is 0 Å². The number of methoxy groups -OCH3 is 1. The second-order valence-electron chi connectivity index (χ2n) is 4.04. The fourth-order valence-electron chi connectivity index (χ4n) is 1.68. The van der Waals surface area contributed by atoms with Crippen LogP contribution in [0.15, 0.2) is 41.1 Å². The minimum atomic E-state index is -1.08. The molecule has 1 aromatic heterocycles. The van der Waals surface area contributed by atoms with E-state index in [9.17, 15) is 9.59 Å². The highest BCUT2D eigenvalue weighted by molar-refractivity contribution is 9.10. The van der Waals surface area contributed by atoms with Crippen molar-refractivity contribution < 1.29 is 19.4 Å². The van der Waals surface area contributed by atoms with Crippen LogP contribution >= 0.6 is 15.9 Å². The van der Waals surface area contributed by atoms with Crippen molar-refractivity contribution in [2.24, 2.45) is 0 Å². The average molecular weight is 351 g/mol. The number of halogens is 1. The zero-order chi connectivity index (χ0) is 15.4. The molecule has 2 aromatic rings. The maximum atomic E-state index is 12.2. The molecule has 0 saturated carbocycles. The van der Waals surface area contributed by atoms with Gasteiger partial charge in [0.05, 0.1) is 18.4 Å². The number of nitrogens with zero attached hydrogens (tertiary/aromatic N) is 1. The summed E-state index contributed by atoms with van der Waals surface area (Å²) in [5, 5.41) is 11.6. The number of pyridine rings is 1. The highest BCUT2D eigenvalue weighted by Crippen LogP contribution is 2.26. The minimum Gasteiger partial charge on any atom is -0.495 e. The molecule has 2 rings (SSSR count). The number of ether oxygens (including phenoxy) is 1. The molecule has 108 valence electrons. The number of benzene rings is 1. The molecule has 0 saturated heterocycles. The fourth-order valence-corrected chi connectivity index (χ4v) is 2.04. The summed E-state index contributed by atoms with van der Waals surface area (Å²) in [6.07, 6.45) is 1.49. The normalized spacial score (nSPS) is 10.0. The molecule has 0 unspecified atom stereocenters. The lowest BCUT2D eigenvalue weighted by molar-refractivity contribution is 0.0696. The van der Waals surface area contributed by atoms with E-state index in [0.717, 1.165) is 0 Å². The van der Waals surface area contributed by atoms with Crippen molar-refractivity contribution in [2.45, 2.75) is 0 Å². The third-order valence-corrected chi connectivity index (χ3v) is 3.12. The van der Waals surface area contributed by atoms with Crippen LogP contribution < -0.4 is 10.1 Å². The lowest BCUT2D eigenvalue weighted by Gasteiger charge is -2.11. The van der Waals surface area contributed by atoms with E-state index in [1.54, 1.807) is 12.1 Å². The number of nitrogens with one attached hydrogen (secondary N) is 1. The first-order valence-electron chi connectivity index (χ1n) is 5.85. The van der Waals surface area contributed by atoms with Crippen LogP contribution in [0.2, 0.25) is 0 Å². The number of amides is 1. The van der Waals surface area contributed by atoms with E-state index >= 15 is 0 Å². The molecular formula is C14H11BrN2O4. The maximum absolute atomic E-state index is 12.2. The fraction of sp³-hybridized carbons (Fsp3) is 0.0714. The zero-order valence-electron chi connectivity index (χ0n) is 11.0. The van der Waals surface area contributed by atoms with E-state index in [2.05, 4.69) is 26.2 Å². The molecule has 2 N–H and O–H groups in total. The van der Waals surface area contributed by atoms with Gasteiger partial charge in [-0.2, -0.15) is 0 Å². The number of hydrogen-bond acceptors (Lipinski definition) is 4. The van der Waals surface area contributed by atoms with Crippen LogP contribution in [0.4, 0.5) is 5.69 Å². The van der Waals surface area contributed by atoms with E-state index in [0.29, 0.717) is 15.9 Å². The van der Waals surface area contributed by atoms with E-state index in [1.165, 1.54) is 31.5 Å². The Hall–Kier alpha value is -2.41. The predicted octanol–water partition coefficient (Wildman–Crippen LogP) is 2.80. The highest BCUT2D eigenvalue weighted by Gasteiger charge is 2.13. The lowest BCUT2D eigenvalue weighted by Crippen LogP contribution is -2.13. The number of aromatic carboxylic acids is 1. The Balaban J connectivity index is 2.31. The van der Waals surface area contributed by atoms with Crippen molar-refractivity contribution in [1.29, 1.82) is 0 Å². The molecular weight excluding hydrogens is 340 g/mol. The Kier molecular flexibility index (Phi) is 4.54. The second-order valence-corrected chi connectivity index (χ2v) is 4.85. The van der Waals surface area contributed by atoms with Crippen LogP contribution in [-0.4, -0.2) is 29.1 Å². The van der Waals surface area contributed by atoms with Gasteiger partial charge in [0.15, 0.2) is 0 Å². The number of carbonyl (C=O) groups is 2. The number of rotatable bonds is 4. The summed E-state index contributed by atoms with van der Waals surface area (Å²) in [7, 11) is 1.44. The first kappa shape index (κ1) is 15.0. The summed E-state index contributed by atoms with van der Waals surface area (Å²) >= 11 is 3.18. The van der Waals surface area contributed by atoms with Crippen molar-refractivity contribution >= 4 is 33.5 Å². The Morgan fingerprint density at radius 2 is 2.00 bits per heavy atom. The van der Waals surface area contributed by atoms with Gasteiger partial charge in [0.1, 0.15) is 10.4 Å². The molecule has 0 aliphatic rings.